The number of hydrogen-bond donors (Lipinski definition) is 3. The van der Waals surface area contributed by atoms with E-state index in [1.165, 1.54) is 0 Å². The van der Waals surface area contributed by atoms with Crippen LogP contribution in [0, 0.1) is 0 Å². The molecule has 0 heterocycles. The molecule has 1 aromatic carbocycles. The minimum absolute atomic E-state index is 0.0778. The SMILES string of the molecule is N[C@@H]1C[C@@H](O)[C@H](N)c2ccccc21. The van der Waals surface area contributed by atoms with Crippen LogP contribution in [0.15, 0.2) is 24.3 Å². The highest BCUT2D eigenvalue weighted by Crippen LogP contribution is 2.33. The van der Waals surface area contributed by atoms with E-state index in [1.807, 2.05) is 24.3 Å². The second-order valence-corrected chi connectivity index (χ2v) is 3.56. The first-order valence-corrected chi connectivity index (χ1v) is 4.48. The predicted molar refractivity (Wildman–Crippen MR) is 50.9 cm³/mol. The van der Waals surface area contributed by atoms with Crippen LogP contribution in [0.1, 0.15) is 29.6 Å². The Morgan fingerprint density at radius 1 is 1.15 bits per heavy atom. The minimum Gasteiger partial charge on any atom is -0.391 e. The molecule has 13 heavy (non-hydrogen) atoms. The zero-order chi connectivity index (χ0) is 9.42. The van der Waals surface area contributed by atoms with Crippen LogP contribution < -0.4 is 11.5 Å². The maximum atomic E-state index is 9.59. The molecule has 3 heteroatoms. The first-order valence-electron chi connectivity index (χ1n) is 4.48. The fourth-order valence-electron chi connectivity index (χ4n) is 1.89. The van der Waals surface area contributed by atoms with Gasteiger partial charge in [0.1, 0.15) is 0 Å². The highest BCUT2D eigenvalue weighted by Gasteiger charge is 2.28. The van der Waals surface area contributed by atoms with Crippen LogP contribution in [0.4, 0.5) is 0 Å². The molecule has 0 radical (unpaired) electrons. The van der Waals surface area contributed by atoms with Crippen molar-refractivity contribution in [1.29, 1.82) is 0 Å². The molecule has 5 N–H and O–H groups in total. The summed E-state index contributed by atoms with van der Waals surface area (Å²) in [6.45, 7) is 0. The lowest BCUT2D eigenvalue weighted by Crippen LogP contribution is -2.35. The van der Waals surface area contributed by atoms with Crippen molar-refractivity contribution in [2.24, 2.45) is 11.5 Å². The second-order valence-electron chi connectivity index (χ2n) is 3.56. The Hall–Kier alpha value is -0.900. The Morgan fingerprint density at radius 2 is 1.77 bits per heavy atom. The van der Waals surface area contributed by atoms with Crippen molar-refractivity contribution < 1.29 is 5.11 Å². The Kier molecular flexibility index (Phi) is 2.07. The summed E-state index contributed by atoms with van der Waals surface area (Å²) in [5.41, 5.74) is 13.8. The normalized spacial score (nSPS) is 32.7. The molecule has 70 valence electrons. The van der Waals surface area contributed by atoms with E-state index in [4.69, 9.17) is 11.5 Å². The largest absolute Gasteiger partial charge is 0.391 e. The quantitative estimate of drug-likeness (QED) is 0.540. The van der Waals surface area contributed by atoms with Gasteiger partial charge in [0.15, 0.2) is 0 Å². The van der Waals surface area contributed by atoms with E-state index in [9.17, 15) is 5.11 Å². The lowest BCUT2D eigenvalue weighted by molar-refractivity contribution is 0.117. The number of aliphatic hydroxyl groups excluding tert-OH is 1. The van der Waals surface area contributed by atoms with Crippen molar-refractivity contribution in [3.05, 3.63) is 35.4 Å². The topological polar surface area (TPSA) is 72.3 Å². The highest BCUT2D eigenvalue weighted by atomic mass is 16.3. The van der Waals surface area contributed by atoms with Crippen LogP contribution >= 0.6 is 0 Å². The molecule has 2 rings (SSSR count). The van der Waals surface area contributed by atoms with Gasteiger partial charge in [0.2, 0.25) is 0 Å². The van der Waals surface area contributed by atoms with Gasteiger partial charge in [-0.3, -0.25) is 0 Å². The van der Waals surface area contributed by atoms with Gasteiger partial charge in [-0.05, 0) is 17.5 Å². The van der Waals surface area contributed by atoms with Crippen LogP contribution in [-0.2, 0) is 0 Å². The summed E-state index contributed by atoms with van der Waals surface area (Å²) in [6.07, 6.45) is 0.0444. The van der Waals surface area contributed by atoms with E-state index in [-0.39, 0.29) is 12.1 Å². The first kappa shape index (κ1) is 8.69. The van der Waals surface area contributed by atoms with E-state index in [0.717, 1.165) is 11.1 Å². The Bertz CT molecular complexity index is 314. The lowest BCUT2D eigenvalue weighted by Gasteiger charge is -2.31. The molecule has 1 aliphatic carbocycles. The summed E-state index contributed by atoms with van der Waals surface area (Å²) in [5.74, 6) is 0. The number of rotatable bonds is 0. The molecule has 0 fully saturated rings. The Morgan fingerprint density at radius 3 is 2.46 bits per heavy atom. The molecule has 0 aromatic heterocycles. The lowest BCUT2D eigenvalue weighted by atomic mass is 9.83. The van der Waals surface area contributed by atoms with Gasteiger partial charge < -0.3 is 16.6 Å². The summed E-state index contributed by atoms with van der Waals surface area (Å²) in [5, 5.41) is 9.59. The van der Waals surface area contributed by atoms with Gasteiger partial charge in [-0.1, -0.05) is 24.3 Å². The summed E-state index contributed by atoms with van der Waals surface area (Å²) in [6, 6.07) is 7.42. The zero-order valence-electron chi connectivity index (χ0n) is 7.35. The summed E-state index contributed by atoms with van der Waals surface area (Å²) < 4.78 is 0. The average molecular weight is 178 g/mol. The molecule has 0 bridgehead atoms. The fourth-order valence-corrected chi connectivity index (χ4v) is 1.89. The van der Waals surface area contributed by atoms with Gasteiger partial charge in [0.05, 0.1) is 12.1 Å². The molecule has 1 aliphatic rings. The van der Waals surface area contributed by atoms with Gasteiger partial charge >= 0.3 is 0 Å². The Balaban J connectivity index is 2.47. The van der Waals surface area contributed by atoms with Gasteiger partial charge in [-0.15, -0.1) is 0 Å². The van der Waals surface area contributed by atoms with Crippen molar-refractivity contribution in [2.45, 2.75) is 24.6 Å². The van der Waals surface area contributed by atoms with Crippen LogP contribution in [0.25, 0.3) is 0 Å². The summed E-state index contributed by atoms with van der Waals surface area (Å²) in [7, 11) is 0. The number of fused-ring (bicyclic) bond motifs is 1. The fraction of sp³-hybridized carbons (Fsp3) is 0.400. The van der Waals surface area contributed by atoms with Crippen LogP contribution in [0.2, 0.25) is 0 Å². The molecule has 3 nitrogen and oxygen atoms in total. The number of nitrogens with two attached hydrogens (primary N) is 2. The molecule has 3 atom stereocenters. The zero-order valence-corrected chi connectivity index (χ0v) is 7.35. The second kappa shape index (κ2) is 3.10. The standard InChI is InChI=1S/C10H14N2O/c11-8-5-9(13)10(12)7-4-2-1-3-6(7)8/h1-4,8-10,13H,5,11-12H2/t8-,9-,10-/m1/s1. The van der Waals surface area contributed by atoms with Gasteiger partial charge in [-0.2, -0.15) is 0 Å². The van der Waals surface area contributed by atoms with E-state index >= 15 is 0 Å². The van der Waals surface area contributed by atoms with Crippen LogP contribution in [0.3, 0.4) is 0 Å². The maximum Gasteiger partial charge on any atom is 0.0750 e. The molecule has 0 saturated carbocycles. The predicted octanol–water partition coefficient (Wildman–Crippen LogP) is 0.451. The van der Waals surface area contributed by atoms with E-state index in [1.54, 1.807) is 0 Å². The van der Waals surface area contributed by atoms with Gasteiger partial charge in [0.25, 0.3) is 0 Å². The minimum atomic E-state index is -0.509. The van der Waals surface area contributed by atoms with Crippen LogP contribution in [0.5, 0.6) is 0 Å². The van der Waals surface area contributed by atoms with Crippen molar-refractivity contribution >= 4 is 0 Å². The number of aliphatic hydroxyl groups is 1. The highest BCUT2D eigenvalue weighted by molar-refractivity contribution is 5.35. The summed E-state index contributed by atoms with van der Waals surface area (Å²) in [4.78, 5) is 0. The third-order valence-electron chi connectivity index (χ3n) is 2.66. The molecule has 0 spiro atoms. The number of hydrogen-bond acceptors (Lipinski definition) is 3. The smallest absolute Gasteiger partial charge is 0.0750 e. The average Bonchev–Trinajstić information content (AvgIpc) is 2.15. The molecular weight excluding hydrogens is 164 g/mol. The number of benzene rings is 1. The van der Waals surface area contributed by atoms with Gasteiger partial charge in [0, 0.05) is 6.04 Å². The van der Waals surface area contributed by atoms with Gasteiger partial charge in [-0.25, -0.2) is 0 Å². The molecule has 0 unspecified atom stereocenters. The molecular formula is C10H14N2O. The first-order chi connectivity index (χ1) is 6.20. The summed E-state index contributed by atoms with van der Waals surface area (Å²) >= 11 is 0. The van der Waals surface area contributed by atoms with Crippen molar-refractivity contribution in [3.8, 4) is 0 Å². The third kappa shape index (κ3) is 1.35. The van der Waals surface area contributed by atoms with E-state index < -0.39 is 6.10 Å². The van der Waals surface area contributed by atoms with Crippen LogP contribution in [-0.4, -0.2) is 11.2 Å². The maximum absolute atomic E-state index is 9.59. The monoisotopic (exact) mass is 178 g/mol. The van der Waals surface area contributed by atoms with E-state index in [2.05, 4.69) is 0 Å². The van der Waals surface area contributed by atoms with Crippen molar-refractivity contribution in [3.63, 3.8) is 0 Å². The van der Waals surface area contributed by atoms with E-state index in [0.29, 0.717) is 6.42 Å². The Labute approximate surface area is 77.4 Å². The van der Waals surface area contributed by atoms with Crippen molar-refractivity contribution in [2.75, 3.05) is 0 Å². The van der Waals surface area contributed by atoms with Crippen molar-refractivity contribution in [1.82, 2.24) is 0 Å². The molecule has 0 saturated heterocycles. The third-order valence-corrected chi connectivity index (χ3v) is 2.66. The molecule has 1 aromatic rings. The molecule has 0 aliphatic heterocycles. The molecule has 0 amide bonds.